The third-order valence-corrected chi connectivity index (χ3v) is 3.48. The molecule has 1 aromatic rings. The maximum absolute atomic E-state index is 12.5. The Morgan fingerprint density at radius 2 is 2.25 bits per heavy atom. The molecule has 1 amide bonds. The van der Waals surface area contributed by atoms with Crippen molar-refractivity contribution in [3.8, 4) is 11.5 Å². The zero-order valence-corrected chi connectivity index (χ0v) is 12.2. The van der Waals surface area contributed by atoms with Crippen molar-refractivity contribution < 1.29 is 14.6 Å². The lowest BCUT2D eigenvalue weighted by molar-refractivity contribution is 0.0747. The topological polar surface area (TPSA) is 75.8 Å². The van der Waals surface area contributed by atoms with Gasteiger partial charge in [0.25, 0.3) is 5.91 Å². The first-order chi connectivity index (χ1) is 9.52. The fourth-order valence-electron chi connectivity index (χ4n) is 2.06. The number of amides is 1. The Morgan fingerprint density at radius 3 is 2.75 bits per heavy atom. The van der Waals surface area contributed by atoms with Crippen LogP contribution in [-0.2, 0) is 0 Å². The molecule has 108 valence electrons. The second-order valence-electron chi connectivity index (χ2n) is 4.83. The number of carbonyl (C=O) groups is 1. The lowest BCUT2D eigenvalue weighted by Crippen LogP contribution is -2.35. The van der Waals surface area contributed by atoms with Crippen molar-refractivity contribution in [2.45, 2.75) is 25.3 Å². The van der Waals surface area contributed by atoms with Crippen LogP contribution in [0.15, 0.2) is 18.2 Å². The van der Waals surface area contributed by atoms with Gasteiger partial charge in [-0.2, -0.15) is 0 Å². The van der Waals surface area contributed by atoms with E-state index in [0.717, 1.165) is 12.8 Å². The molecule has 0 aromatic heterocycles. The van der Waals surface area contributed by atoms with Crippen LogP contribution in [0.4, 0.5) is 0 Å². The van der Waals surface area contributed by atoms with E-state index in [-0.39, 0.29) is 17.7 Å². The monoisotopic (exact) mass is 294 g/mol. The lowest BCUT2D eigenvalue weighted by atomic mass is 10.1. The summed E-state index contributed by atoms with van der Waals surface area (Å²) in [6, 6.07) is 4.93. The fourth-order valence-corrected chi connectivity index (χ4v) is 2.15. The largest absolute Gasteiger partial charge is 0.504 e. The van der Waals surface area contributed by atoms with Crippen LogP contribution < -0.4 is 10.5 Å². The summed E-state index contributed by atoms with van der Waals surface area (Å²) >= 11 is 4.86. The molecule has 0 bridgehead atoms. The summed E-state index contributed by atoms with van der Waals surface area (Å²) in [4.78, 5) is 14.7. The molecular weight excluding hydrogens is 276 g/mol. The van der Waals surface area contributed by atoms with Crippen LogP contribution in [0.25, 0.3) is 0 Å². The first-order valence-corrected chi connectivity index (χ1v) is 6.90. The third-order valence-electron chi connectivity index (χ3n) is 3.27. The molecule has 6 heteroatoms. The molecule has 20 heavy (non-hydrogen) atoms. The highest BCUT2D eigenvalue weighted by molar-refractivity contribution is 7.80. The predicted molar refractivity (Wildman–Crippen MR) is 80.1 cm³/mol. The van der Waals surface area contributed by atoms with E-state index in [0.29, 0.717) is 29.3 Å². The number of phenols is 1. The van der Waals surface area contributed by atoms with E-state index in [1.54, 1.807) is 17.0 Å². The van der Waals surface area contributed by atoms with Gasteiger partial charge in [0, 0.05) is 24.6 Å². The van der Waals surface area contributed by atoms with E-state index in [1.165, 1.54) is 13.2 Å². The van der Waals surface area contributed by atoms with Crippen molar-refractivity contribution >= 4 is 23.1 Å². The quantitative estimate of drug-likeness (QED) is 0.781. The molecular formula is C14H18N2O3S. The van der Waals surface area contributed by atoms with Crippen LogP contribution in [0, 0.1) is 0 Å². The summed E-state index contributed by atoms with van der Waals surface area (Å²) in [6.07, 6.45) is 2.52. The Morgan fingerprint density at radius 1 is 1.55 bits per heavy atom. The summed E-state index contributed by atoms with van der Waals surface area (Å²) in [5.41, 5.74) is 5.94. The second kappa shape index (κ2) is 6.09. The number of hydrogen-bond donors (Lipinski definition) is 2. The number of thiocarbonyl (C=S) groups is 1. The van der Waals surface area contributed by atoms with Crippen LogP contribution >= 0.6 is 12.2 Å². The number of carbonyl (C=O) groups excluding carboxylic acids is 1. The van der Waals surface area contributed by atoms with Crippen molar-refractivity contribution in [2.75, 3.05) is 13.7 Å². The molecule has 3 N–H and O–H groups in total. The zero-order valence-electron chi connectivity index (χ0n) is 11.3. The molecule has 1 aliphatic rings. The number of phenolic OH excluding ortho intramolecular Hbond substituents is 1. The van der Waals surface area contributed by atoms with Gasteiger partial charge in [0.2, 0.25) is 0 Å². The van der Waals surface area contributed by atoms with Crippen LogP contribution in [0.2, 0.25) is 0 Å². The van der Waals surface area contributed by atoms with Gasteiger partial charge in [-0.15, -0.1) is 0 Å². The SMILES string of the molecule is COc1ccc(C(=O)N(CCC(N)=S)C2CC2)cc1O. The lowest BCUT2D eigenvalue weighted by Gasteiger charge is -2.22. The van der Waals surface area contributed by atoms with Gasteiger partial charge in [-0.3, -0.25) is 4.79 Å². The summed E-state index contributed by atoms with van der Waals surface area (Å²) in [5.74, 6) is 0.202. The fraction of sp³-hybridized carbons (Fsp3) is 0.429. The minimum absolute atomic E-state index is 0.0385. The highest BCUT2D eigenvalue weighted by Crippen LogP contribution is 2.31. The molecule has 1 fully saturated rings. The third kappa shape index (κ3) is 3.39. The van der Waals surface area contributed by atoms with E-state index in [9.17, 15) is 9.90 Å². The molecule has 1 aliphatic carbocycles. The number of hydrogen-bond acceptors (Lipinski definition) is 4. The minimum atomic E-state index is -0.110. The molecule has 0 aliphatic heterocycles. The first kappa shape index (κ1) is 14.6. The van der Waals surface area contributed by atoms with E-state index < -0.39 is 0 Å². The average molecular weight is 294 g/mol. The molecule has 0 atom stereocenters. The van der Waals surface area contributed by atoms with Crippen molar-refractivity contribution in [3.05, 3.63) is 23.8 Å². The molecule has 5 nitrogen and oxygen atoms in total. The smallest absolute Gasteiger partial charge is 0.254 e. The Kier molecular flexibility index (Phi) is 4.44. The number of aromatic hydroxyl groups is 1. The predicted octanol–water partition coefficient (Wildman–Crippen LogP) is 1.68. The minimum Gasteiger partial charge on any atom is -0.504 e. The van der Waals surface area contributed by atoms with Crippen molar-refractivity contribution in [3.63, 3.8) is 0 Å². The van der Waals surface area contributed by atoms with Gasteiger partial charge in [0.05, 0.1) is 12.1 Å². The summed E-state index contributed by atoms with van der Waals surface area (Å²) in [7, 11) is 1.47. The number of benzene rings is 1. The van der Waals surface area contributed by atoms with Gasteiger partial charge in [-0.05, 0) is 31.0 Å². The van der Waals surface area contributed by atoms with Crippen molar-refractivity contribution in [1.29, 1.82) is 0 Å². The van der Waals surface area contributed by atoms with Crippen molar-refractivity contribution in [1.82, 2.24) is 4.90 Å². The molecule has 0 unspecified atom stereocenters. The van der Waals surface area contributed by atoms with Crippen LogP contribution in [0.3, 0.4) is 0 Å². The van der Waals surface area contributed by atoms with E-state index in [4.69, 9.17) is 22.7 Å². The molecule has 0 radical (unpaired) electrons. The number of ether oxygens (including phenoxy) is 1. The Labute approximate surface area is 123 Å². The molecule has 1 saturated carbocycles. The molecule has 2 rings (SSSR count). The van der Waals surface area contributed by atoms with E-state index in [1.807, 2.05) is 0 Å². The second-order valence-corrected chi connectivity index (χ2v) is 5.36. The molecule has 0 saturated heterocycles. The summed E-state index contributed by atoms with van der Waals surface area (Å²) < 4.78 is 4.97. The van der Waals surface area contributed by atoms with Crippen molar-refractivity contribution in [2.24, 2.45) is 5.73 Å². The average Bonchev–Trinajstić information content (AvgIpc) is 3.23. The maximum Gasteiger partial charge on any atom is 0.254 e. The highest BCUT2D eigenvalue weighted by atomic mass is 32.1. The maximum atomic E-state index is 12.5. The Bertz CT molecular complexity index is 529. The van der Waals surface area contributed by atoms with E-state index in [2.05, 4.69) is 0 Å². The Balaban J connectivity index is 2.14. The standard InChI is InChI=1S/C14H18N2O3S/c1-19-12-5-2-9(8-11(12)17)14(18)16(10-3-4-10)7-6-13(15)20/h2,5,8,10,17H,3-4,6-7H2,1H3,(H2,15,20). The number of methoxy groups -OCH3 is 1. The van der Waals surface area contributed by atoms with Crippen LogP contribution in [0.5, 0.6) is 11.5 Å². The van der Waals surface area contributed by atoms with Gasteiger partial charge in [0.1, 0.15) is 0 Å². The highest BCUT2D eigenvalue weighted by Gasteiger charge is 2.33. The van der Waals surface area contributed by atoms with Crippen LogP contribution in [0.1, 0.15) is 29.6 Å². The number of rotatable bonds is 6. The van der Waals surface area contributed by atoms with Gasteiger partial charge >= 0.3 is 0 Å². The van der Waals surface area contributed by atoms with Crippen LogP contribution in [-0.4, -0.2) is 40.6 Å². The van der Waals surface area contributed by atoms with Gasteiger partial charge in [-0.25, -0.2) is 0 Å². The van der Waals surface area contributed by atoms with Gasteiger partial charge in [-0.1, -0.05) is 12.2 Å². The zero-order chi connectivity index (χ0) is 14.7. The normalized spacial score (nSPS) is 13.8. The Hall–Kier alpha value is -1.82. The molecule has 0 spiro atoms. The first-order valence-electron chi connectivity index (χ1n) is 6.49. The summed E-state index contributed by atoms with van der Waals surface area (Å²) in [5, 5.41) is 9.76. The number of nitrogens with two attached hydrogens (primary N) is 1. The molecule has 0 heterocycles. The van der Waals surface area contributed by atoms with E-state index >= 15 is 0 Å². The molecule has 1 aromatic carbocycles. The number of nitrogens with zero attached hydrogens (tertiary/aromatic N) is 1. The van der Waals surface area contributed by atoms with Gasteiger partial charge in [0.15, 0.2) is 11.5 Å². The van der Waals surface area contributed by atoms with Gasteiger partial charge < -0.3 is 20.5 Å². The summed E-state index contributed by atoms with van der Waals surface area (Å²) in [6.45, 7) is 0.519.